The van der Waals surface area contributed by atoms with Gasteiger partial charge in [-0.05, 0) is 6.92 Å². The van der Waals surface area contributed by atoms with Crippen LogP contribution in [-0.2, 0) is 47.5 Å². The highest BCUT2D eigenvalue weighted by molar-refractivity contribution is 5.73. The maximum atomic E-state index is 12.2. The van der Waals surface area contributed by atoms with E-state index in [9.17, 15) is 70.9 Å². The number of fused-ring (bicyclic) bond motifs is 1. The second kappa shape index (κ2) is 17.6. The lowest BCUT2D eigenvalue weighted by atomic mass is 9.68. The first-order chi connectivity index (χ1) is 25.8. The van der Waals surface area contributed by atoms with Crippen LogP contribution in [0.2, 0.25) is 0 Å². The van der Waals surface area contributed by atoms with Crippen LogP contribution >= 0.6 is 0 Å². The number of nitrogens with one attached hydrogen (secondary N) is 1. The Balaban J connectivity index is 1.30. The second-order valence-corrected chi connectivity index (χ2v) is 14.7. The molecule has 4 saturated heterocycles. The van der Waals surface area contributed by atoms with Gasteiger partial charge in [0.25, 0.3) is 6.47 Å². The zero-order valence-electron chi connectivity index (χ0n) is 30.1. The lowest BCUT2D eigenvalue weighted by molar-refractivity contribution is -0.506. The maximum Gasteiger partial charge on any atom is 0.334 e. The van der Waals surface area contributed by atoms with Crippen molar-refractivity contribution in [1.29, 1.82) is 0 Å². The molecule has 1 saturated carbocycles. The fourth-order valence-electron chi connectivity index (χ4n) is 7.91. The third-order valence-corrected chi connectivity index (χ3v) is 11.0. The molecule has 318 valence electrons. The summed E-state index contributed by atoms with van der Waals surface area (Å²) in [6.07, 6.45) is -27.5. The summed E-state index contributed by atoms with van der Waals surface area (Å²) in [6.45, 7) is 1.56. The van der Waals surface area contributed by atoms with E-state index in [1.54, 1.807) is 0 Å². The van der Waals surface area contributed by atoms with Crippen molar-refractivity contribution in [3.63, 3.8) is 0 Å². The number of carbonyl (C=O) groups excluding carboxylic acids is 2. The van der Waals surface area contributed by atoms with Crippen LogP contribution in [0.5, 0.6) is 0 Å². The number of hydrogen-bond donors (Lipinski definition) is 13. The van der Waals surface area contributed by atoms with Crippen molar-refractivity contribution in [1.82, 2.24) is 5.32 Å². The molecular formula is C32H53NO22. The van der Waals surface area contributed by atoms with E-state index >= 15 is 0 Å². The van der Waals surface area contributed by atoms with Gasteiger partial charge in [-0.3, -0.25) is 14.3 Å². The summed E-state index contributed by atoms with van der Waals surface area (Å²) >= 11 is 0. The molecule has 13 N–H and O–H groups in total. The Kier molecular flexibility index (Phi) is 14.2. The molecule has 23 heteroatoms. The molecule has 0 spiro atoms. The number of aliphatic hydroxyl groups is 12. The molecule has 22 atom stereocenters. The fraction of sp³-hybridized carbons (Fsp3) is 0.938. The number of ether oxygens (including phenoxy) is 8. The summed E-state index contributed by atoms with van der Waals surface area (Å²) in [7, 11) is 0. The molecule has 1 amide bonds. The predicted octanol–water partition coefficient (Wildman–Crippen LogP) is -7.66. The molecule has 4 aliphatic heterocycles. The van der Waals surface area contributed by atoms with Crippen LogP contribution in [0.3, 0.4) is 0 Å². The molecular weight excluding hydrogens is 750 g/mol. The third kappa shape index (κ3) is 8.66. The molecule has 21 unspecified atom stereocenters. The quantitative estimate of drug-likeness (QED) is 0.0573. The van der Waals surface area contributed by atoms with Gasteiger partial charge in [0.15, 0.2) is 18.4 Å². The Morgan fingerprint density at radius 1 is 0.855 bits per heavy atom. The average molecular weight is 804 g/mol. The molecule has 55 heavy (non-hydrogen) atoms. The molecule has 0 aromatic carbocycles. The van der Waals surface area contributed by atoms with Gasteiger partial charge in [0.05, 0.1) is 62.7 Å². The maximum absolute atomic E-state index is 12.2. The van der Waals surface area contributed by atoms with Crippen LogP contribution in [0.1, 0.15) is 33.6 Å². The Labute approximate surface area is 313 Å². The van der Waals surface area contributed by atoms with Crippen molar-refractivity contribution in [2.24, 2.45) is 11.8 Å². The number of hydrogen-bond acceptors (Lipinski definition) is 22. The van der Waals surface area contributed by atoms with Gasteiger partial charge >= 0.3 is 5.97 Å². The van der Waals surface area contributed by atoms with Crippen molar-refractivity contribution < 1.29 is 109 Å². The lowest BCUT2D eigenvalue weighted by Gasteiger charge is -2.59. The molecule has 4 heterocycles. The van der Waals surface area contributed by atoms with E-state index in [1.807, 2.05) is 0 Å². The molecule has 5 aliphatic rings. The monoisotopic (exact) mass is 803 g/mol. The zero-order valence-corrected chi connectivity index (χ0v) is 30.1. The van der Waals surface area contributed by atoms with Gasteiger partial charge in [-0.2, -0.15) is 0 Å². The van der Waals surface area contributed by atoms with Gasteiger partial charge in [-0.1, -0.05) is 6.92 Å². The number of carbonyl (C=O) groups is 2. The van der Waals surface area contributed by atoms with Crippen molar-refractivity contribution in [2.75, 3.05) is 19.8 Å². The van der Waals surface area contributed by atoms with Gasteiger partial charge in [-0.25, -0.2) is 0 Å². The minimum absolute atomic E-state index is 0.124. The van der Waals surface area contributed by atoms with Crippen molar-refractivity contribution in [2.45, 2.75) is 156 Å². The highest BCUT2D eigenvalue weighted by Gasteiger charge is 2.68. The summed E-state index contributed by atoms with van der Waals surface area (Å²) in [5.74, 6) is -8.17. The van der Waals surface area contributed by atoms with Crippen LogP contribution in [0.4, 0.5) is 0 Å². The number of aliphatic hydroxyl groups excluding tert-OH is 11. The number of rotatable bonds is 14. The molecule has 5 fully saturated rings. The largest absolute Gasteiger partial charge is 0.410 e. The highest BCUT2D eigenvalue weighted by Crippen LogP contribution is 2.52. The lowest BCUT2D eigenvalue weighted by Crippen LogP contribution is -2.74. The molecule has 5 rings (SSSR count). The van der Waals surface area contributed by atoms with Crippen molar-refractivity contribution in [3.8, 4) is 0 Å². The summed E-state index contributed by atoms with van der Waals surface area (Å²) in [5, 5.41) is 129. The Hall–Kier alpha value is -1.82. The van der Waals surface area contributed by atoms with E-state index in [-0.39, 0.29) is 6.47 Å². The topological polar surface area (TPSA) is 363 Å². The number of amides is 1. The van der Waals surface area contributed by atoms with Gasteiger partial charge in [0.1, 0.15) is 67.1 Å². The predicted molar refractivity (Wildman–Crippen MR) is 171 cm³/mol. The van der Waals surface area contributed by atoms with E-state index in [0.717, 1.165) is 6.92 Å². The fourth-order valence-corrected chi connectivity index (χ4v) is 7.91. The Bertz CT molecular complexity index is 1300. The van der Waals surface area contributed by atoms with E-state index < -0.39 is 172 Å². The zero-order chi connectivity index (χ0) is 40.7. The van der Waals surface area contributed by atoms with Crippen LogP contribution in [0.15, 0.2) is 0 Å². The minimum Gasteiger partial charge on any atom is -0.410 e. The van der Waals surface area contributed by atoms with Crippen LogP contribution in [-0.4, -0.2) is 215 Å². The second-order valence-electron chi connectivity index (χ2n) is 14.7. The smallest absolute Gasteiger partial charge is 0.334 e. The average Bonchev–Trinajstić information content (AvgIpc) is 3.12. The molecule has 0 bridgehead atoms. The van der Waals surface area contributed by atoms with Crippen LogP contribution in [0.25, 0.3) is 0 Å². The minimum atomic E-state index is -2.60. The first kappa shape index (κ1) is 44.3. The molecule has 23 nitrogen and oxygen atoms in total. The summed E-state index contributed by atoms with van der Waals surface area (Å²) < 4.78 is 45.3. The first-order valence-electron chi connectivity index (χ1n) is 17.9. The third-order valence-electron chi connectivity index (χ3n) is 11.0. The first-order valence-corrected chi connectivity index (χ1v) is 17.9. The molecule has 0 radical (unpaired) electrons. The van der Waals surface area contributed by atoms with Gasteiger partial charge in [-0.15, -0.1) is 0 Å². The molecule has 1 aliphatic carbocycles. The van der Waals surface area contributed by atoms with Gasteiger partial charge in [0.2, 0.25) is 5.91 Å². The highest BCUT2D eigenvalue weighted by atomic mass is 16.9. The van der Waals surface area contributed by atoms with Crippen LogP contribution in [0, 0.1) is 11.8 Å². The Morgan fingerprint density at radius 3 is 2.11 bits per heavy atom. The normalized spacial score (nSPS) is 49.9. The standard InChI is InChI=1S/C32H53NO22/c1-10-13(39)4-32(48-9-37,54-26(10)20(41)14(40)6-34)55-31(47)5-15-18(31)22(43)25(46)30(50-15)53-28-17(8-36)51-29(19(23(28)44)33-12(3)38)52-27-11(2)49-16(7-35)21(42)24(27)45/h9-11,13-30,34-36,39-47H,4-8H2,1-3H3,(H,33,38)/t10?,11?,13?,14?,15?,16?,17?,18?,19?,20-,21?,22?,23?,24?,25?,26?,27?,28?,29?,30?,31?,32?/m1/s1. The van der Waals surface area contributed by atoms with Crippen LogP contribution < -0.4 is 5.32 Å². The van der Waals surface area contributed by atoms with E-state index in [0.29, 0.717) is 0 Å². The van der Waals surface area contributed by atoms with Crippen molar-refractivity contribution >= 4 is 12.4 Å². The van der Waals surface area contributed by atoms with E-state index in [4.69, 9.17) is 37.9 Å². The summed E-state index contributed by atoms with van der Waals surface area (Å²) in [5.41, 5.74) is 0. The summed E-state index contributed by atoms with van der Waals surface area (Å²) in [6, 6.07) is -1.47. The molecule has 0 aromatic heterocycles. The molecule has 0 aromatic rings. The van der Waals surface area contributed by atoms with E-state index in [2.05, 4.69) is 5.32 Å². The van der Waals surface area contributed by atoms with E-state index in [1.165, 1.54) is 13.8 Å². The SMILES string of the molecule is CC(=O)NC1C(OC2C(C)OC(CO)C(O)C2O)OC(CO)C(OC2OC3CC(O)(OC4(OC=O)CC(O)C(C)C([C@H](O)C(O)CO)O4)C3C(O)C2O)C1O. The van der Waals surface area contributed by atoms with Gasteiger partial charge in [0, 0.05) is 19.3 Å². The summed E-state index contributed by atoms with van der Waals surface area (Å²) in [4.78, 5) is 23.8. The van der Waals surface area contributed by atoms with Gasteiger partial charge < -0.3 is 99.8 Å². The Morgan fingerprint density at radius 2 is 1.51 bits per heavy atom. The van der Waals surface area contributed by atoms with Crippen molar-refractivity contribution in [3.05, 3.63) is 0 Å².